The Morgan fingerprint density at radius 1 is 1.03 bits per heavy atom. The molecule has 29 heavy (non-hydrogen) atoms. The maximum Gasteiger partial charge on any atom is 0.261 e. The number of nitrogens with zero attached hydrogens (tertiary/aromatic N) is 2. The number of carbonyl (C=O) groups excluding carboxylic acids is 1. The van der Waals surface area contributed by atoms with Gasteiger partial charge in [-0.15, -0.1) is 0 Å². The summed E-state index contributed by atoms with van der Waals surface area (Å²) in [4.78, 5) is 34.0. The lowest BCUT2D eigenvalue weighted by atomic mass is 10.0. The van der Waals surface area contributed by atoms with Gasteiger partial charge in [0.25, 0.3) is 11.5 Å². The van der Waals surface area contributed by atoms with Crippen LogP contribution in [0.15, 0.2) is 78.0 Å². The molecule has 2 heterocycles. The lowest BCUT2D eigenvalue weighted by molar-refractivity contribution is 0.102. The molecule has 6 heteroatoms. The first-order valence-corrected chi connectivity index (χ1v) is 9.17. The Bertz CT molecular complexity index is 1240. The molecule has 6 nitrogen and oxygen atoms in total. The molecule has 0 saturated heterocycles. The SMILES string of the molecule is CN(C)c1ccc(NC(=O)c2cc(-c3cncc4ccccc34)c[nH]c2=O)cc1. The van der Waals surface area contributed by atoms with Crippen LogP contribution in [0.1, 0.15) is 10.4 Å². The van der Waals surface area contributed by atoms with E-state index in [1.165, 1.54) is 0 Å². The molecule has 1 amide bonds. The molecule has 2 aromatic carbocycles. The van der Waals surface area contributed by atoms with E-state index in [1.807, 2.05) is 55.4 Å². The summed E-state index contributed by atoms with van der Waals surface area (Å²) < 4.78 is 0. The lowest BCUT2D eigenvalue weighted by Gasteiger charge is -2.13. The summed E-state index contributed by atoms with van der Waals surface area (Å²) >= 11 is 0. The minimum absolute atomic E-state index is 0.0483. The van der Waals surface area contributed by atoms with E-state index in [0.29, 0.717) is 5.69 Å². The number of fused-ring (bicyclic) bond motifs is 1. The third-order valence-corrected chi connectivity index (χ3v) is 4.77. The van der Waals surface area contributed by atoms with Crippen LogP contribution in [0.3, 0.4) is 0 Å². The summed E-state index contributed by atoms with van der Waals surface area (Å²) in [5, 5.41) is 4.78. The smallest absolute Gasteiger partial charge is 0.261 e. The first-order chi connectivity index (χ1) is 14.0. The minimum atomic E-state index is -0.459. The number of hydrogen-bond acceptors (Lipinski definition) is 4. The Kier molecular flexibility index (Phi) is 4.83. The number of anilines is 2. The molecule has 0 aliphatic carbocycles. The number of rotatable bonds is 4. The van der Waals surface area contributed by atoms with Crippen LogP contribution in [0.5, 0.6) is 0 Å². The predicted molar refractivity (Wildman–Crippen MR) is 117 cm³/mol. The van der Waals surface area contributed by atoms with E-state index in [0.717, 1.165) is 27.6 Å². The van der Waals surface area contributed by atoms with Gasteiger partial charge in [0, 0.05) is 60.6 Å². The molecule has 0 fully saturated rings. The topological polar surface area (TPSA) is 78.1 Å². The number of carbonyl (C=O) groups is 1. The second kappa shape index (κ2) is 7.59. The van der Waals surface area contributed by atoms with E-state index in [9.17, 15) is 9.59 Å². The highest BCUT2D eigenvalue weighted by Gasteiger charge is 2.14. The normalized spacial score (nSPS) is 10.7. The molecule has 144 valence electrons. The summed E-state index contributed by atoms with van der Waals surface area (Å²) in [6.45, 7) is 0. The second-order valence-electron chi connectivity index (χ2n) is 6.93. The number of H-pyrrole nitrogens is 1. The zero-order chi connectivity index (χ0) is 20.4. The second-order valence-corrected chi connectivity index (χ2v) is 6.93. The van der Waals surface area contributed by atoms with Gasteiger partial charge in [0.15, 0.2) is 0 Å². The average molecular weight is 384 g/mol. The Morgan fingerprint density at radius 2 is 1.79 bits per heavy atom. The third kappa shape index (κ3) is 3.73. The summed E-state index contributed by atoms with van der Waals surface area (Å²) in [5.74, 6) is -0.459. The van der Waals surface area contributed by atoms with Crippen LogP contribution in [-0.4, -0.2) is 30.0 Å². The van der Waals surface area contributed by atoms with E-state index in [4.69, 9.17) is 0 Å². The molecule has 0 bridgehead atoms. The average Bonchev–Trinajstić information content (AvgIpc) is 2.74. The molecule has 0 radical (unpaired) electrons. The van der Waals surface area contributed by atoms with Crippen LogP contribution in [0.25, 0.3) is 21.9 Å². The van der Waals surface area contributed by atoms with Gasteiger partial charge >= 0.3 is 0 Å². The Morgan fingerprint density at radius 3 is 2.55 bits per heavy atom. The zero-order valence-corrected chi connectivity index (χ0v) is 16.1. The molecule has 0 aliphatic heterocycles. The van der Waals surface area contributed by atoms with Gasteiger partial charge in [-0.3, -0.25) is 14.6 Å². The number of aromatic nitrogens is 2. The van der Waals surface area contributed by atoms with Crippen molar-refractivity contribution in [2.45, 2.75) is 0 Å². The number of nitrogens with one attached hydrogen (secondary N) is 2. The molecule has 2 aromatic heterocycles. The molecule has 4 rings (SSSR count). The molecule has 0 spiro atoms. The highest BCUT2D eigenvalue weighted by molar-refractivity contribution is 6.05. The van der Waals surface area contributed by atoms with Crippen molar-refractivity contribution in [1.82, 2.24) is 9.97 Å². The number of pyridine rings is 2. The highest BCUT2D eigenvalue weighted by atomic mass is 16.2. The van der Waals surface area contributed by atoms with Crippen molar-refractivity contribution in [2.75, 3.05) is 24.3 Å². The predicted octanol–water partition coefficient (Wildman–Crippen LogP) is 3.91. The molecule has 0 atom stereocenters. The summed E-state index contributed by atoms with van der Waals surface area (Å²) in [7, 11) is 3.89. The fourth-order valence-electron chi connectivity index (χ4n) is 3.20. The number of amides is 1. The molecule has 0 saturated carbocycles. The van der Waals surface area contributed by atoms with Crippen molar-refractivity contribution >= 4 is 28.1 Å². The molecule has 0 aliphatic rings. The lowest BCUT2D eigenvalue weighted by Crippen LogP contribution is -2.23. The van der Waals surface area contributed by atoms with Crippen molar-refractivity contribution in [2.24, 2.45) is 0 Å². The number of aromatic amines is 1. The largest absolute Gasteiger partial charge is 0.378 e. The van der Waals surface area contributed by atoms with E-state index < -0.39 is 11.5 Å². The van der Waals surface area contributed by atoms with Crippen molar-refractivity contribution in [1.29, 1.82) is 0 Å². The molecule has 0 unspecified atom stereocenters. The van der Waals surface area contributed by atoms with E-state index >= 15 is 0 Å². The number of hydrogen-bond donors (Lipinski definition) is 2. The Labute approximate surface area is 167 Å². The minimum Gasteiger partial charge on any atom is -0.378 e. The van der Waals surface area contributed by atoms with Crippen LogP contribution in [0.4, 0.5) is 11.4 Å². The van der Waals surface area contributed by atoms with Gasteiger partial charge in [0.1, 0.15) is 5.56 Å². The standard InChI is InChI=1S/C23H20N4O2/c1-27(2)18-9-7-17(8-10-18)26-23(29)20-11-16(13-25-22(20)28)21-14-24-12-15-5-3-4-6-19(15)21/h3-14H,1-2H3,(H,25,28)(H,26,29). The maximum atomic E-state index is 12.7. The summed E-state index contributed by atoms with van der Waals surface area (Å²) in [6, 6.07) is 16.9. The van der Waals surface area contributed by atoms with Crippen molar-refractivity contribution < 1.29 is 4.79 Å². The van der Waals surface area contributed by atoms with Crippen LogP contribution in [-0.2, 0) is 0 Å². The fraction of sp³-hybridized carbons (Fsp3) is 0.0870. The van der Waals surface area contributed by atoms with Crippen LogP contribution < -0.4 is 15.8 Å². The van der Waals surface area contributed by atoms with Gasteiger partial charge in [-0.2, -0.15) is 0 Å². The van der Waals surface area contributed by atoms with Gasteiger partial charge in [-0.1, -0.05) is 24.3 Å². The van der Waals surface area contributed by atoms with Crippen molar-refractivity contribution in [3.8, 4) is 11.1 Å². The van der Waals surface area contributed by atoms with Gasteiger partial charge in [-0.25, -0.2) is 0 Å². The Hall–Kier alpha value is -3.93. The van der Waals surface area contributed by atoms with Crippen LogP contribution in [0.2, 0.25) is 0 Å². The fourth-order valence-corrected chi connectivity index (χ4v) is 3.20. The zero-order valence-electron chi connectivity index (χ0n) is 16.1. The van der Waals surface area contributed by atoms with Gasteiger partial charge < -0.3 is 15.2 Å². The van der Waals surface area contributed by atoms with Gasteiger partial charge in [0.05, 0.1) is 0 Å². The van der Waals surface area contributed by atoms with Crippen LogP contribution >= 0.6 is 0 Å². The Balaban J connectivity index is 1.68. The third-order valence-electron chi connectivity index (χ3n) is 4.77. The van der Waals surface area contributed by atoms with Crippen molar-refractivity contribution in [3.63, 3.8) is 0 Å². The first kappa shape index (κ1) is 18.4. The van der Waals surface area contributed by atoms with E-state index in [1.54, 1.807) is 36.8 Å². The molecule has 2 N–H and O–H groups in total. The molecule has 4 aromatic rings. The van der Waals surface area contributed by atoms with E-state index in [2.05, 4.69) is 15.3 Å². The first-order valence-electron chi connectivity index (χ1n) is 9.17. The number of benzene rings is 2. The quantitative estimate of drug-likeness (QED) is 0.559. The van der Waals surface area contributed by atoms with Gasteiger partial charge in [-0.05, 0) is 35.7 Å². The maximum absolute atomic E-state index is 12.7. The van der Waals surface area contributed by atoms with Crippen molar-refractivity contribution in [3.05, 3.63) is 89.1 Å². The molecular formula is C23H20N4O2. The monoisotopic (exact) mass is 384 g/mol. The molecular weight excluding hydrogens is 364 g/mol. The van der Waals surface area contributed by atoms with E-state index in [-0.39, 0.29) is 5.56 Å². The summed E-state index contributed by atoms with van der Waals surface area (Å²) in [5.41, 5.74) is 2.82. The van der Waals surface area contributed by atoms with Crippen LogP contribution in [0, 0.1) is 0 Å². The van der Waals surface area contributed by atoms with Gasteiger partial charge in [0.2, 0.25) is 0 Å². The highest BCUT2D eigenvalue weighted by Crippen LogP contribution is 2.27. The summed E-state index contributed by atoms with van der Waals surface area (Å²) in [6.07, 6.45) is 5.13.